The zero-order valence-corrected chi connectivity index (χ0v) is 17.6. The van der Waals surface area contributed by atoms with Gasteiger partial charge in [0.25, 0.3) is 0 Å². The van der Waals surface area contributed by atoms with Crippen LogP contribution in [0.2, 0.25) is 0 Å². The first-order chi connectivity index (χ1) is 15.2. The number of nitrogens with zero attached hydrogens (tertiary/aromatic N) is 1. The Balaban J connectivity index is 1.52. The van der Waals surface area contributed by atoms with Crippen LogP contribution in [0.1, 0.15) is 12.7 Å². The Bertz CT molecular complexity index is 1160. The normalized spacial score (nSPS) is 11.6. The van der Waals surface area contributed by atoms with E-state index in [0.29, 0.717) is 34.6 Å². The van der Waals surface area contributed by atoms with Gasteiger partial charge in [0.15, 0.2) is 11.5 Å². The Morgan fingerprint density at radius 1 is 0.871 bits per heavy atom. The van der Waals surface area contributed by atoms with Crippen LogP contribution in [-0.4, -0.2) is 20.6 Å². The van der Waals surface area contributed by atoms with E-state index in [2.05, 4.69) is 15.2 Å². The lowest BCUT2D eigenvalue weighted by atomic mass is 10.3. The number of nitrogens with one attached hydrogen (secondary N) is 2. The molecule has 0 saturated carbocycles. The molecule has 0 amide bonds. The maximum absolute atomic E-state index is 11.2. The van der Waals surface area contributed by atoms with E-state index in [-0.39, 0.29) is 11.1 Å². The van der Waals surface area contributed by atoms with Crippen molar-refractivity contribution >= 4 is 11.8 Å². The van der Waals surface area contributed by atoms with Crippen LogP contribution in [0.15, 0.2) is 83.7 Å². The van der Waals surface area contributed by atoms with Gasteiger partial charge in [-0.15, -0.1) is 11.8 Å². The van der Waals surface area contributed by atoms with E-state index >= 15 is 0 Å². The summed E-state index contributed by atoms with van der Waals surface area (Å²) in [5.74, 6) is 4.26. The van der Waals surface area contributed by atoms with Crippen molar-refractivity contribution in [3.63, 3.8) is 0 Å². The van der Waals surface area contributed by atoms with E-state index in [0.717, 1.165) is 5.75 Å². The first-order valence-electron chi connectivity index (χ1n) is 9.67. The fourth-order valence-corrected chi connectivity index (χ4v) is 3.45. The molecule has 7 nitrogen and oxygen atoms in total. The highest BCUT2D eigenvalue weighted by Gasteiger charge is 2.14. The molecule has 0 aliphatic carbocycles. The predicted molar refractivity (Wildman–Crippen MR) is 120 cm³/mol. The lowest BCUT2D eigenvalue weighted by Crippen LogP contribution is -2.09. The molecule has 0 aliphatic heterocycles. The monoisotopic (exact) mass is 435 g/mol. The van der Waals surface area contributed by atoms with Crippen LogP contribution < -0.4 is 19.9 Å². The van der Waals surface area contributed by atoms with Crippen molar-refractivity contribution in [2.45, 2.75) is 18.1 Å². The second-order valence-corrected chi connectivity index (χ2v) is 7.85. The molecule has 0 radical (unpaired) electrons. The molecule has 2 N–H and O–H groups in total. The molecule has 158 valence electrons. The highest BCUT2D eigenvalue weighted by Crippen LogP contribution is 2.38. The smallest absolute Gasteiger partial charge is 0.340 e. The quantitative estimate of drug-likeness (QED) is 0.345. The summed E-state index contributed by atoms with van der Waals surface area (Å²) in [4.78, 5) is 13.8. The zero-order valence-electron chi connectivity index (χ0n) is 16.8. The summed E-state index contributed by atoms with van der Waals surface area (Å²) in [5, 5.41) is 6.27. The molecule has 1 unspecified atom stereocenters. The average Bonchev–Trinajstić information content (AvgIpc) is 3.21. The van der Waals surface area contributed by atoms with Gasteiger partial charge in [-0.05, 0) is 43.3 Å². The van der Waals surface area contributed by atoms with E-state index in [1.165, 1.54) is 11.8 Å². The van der Waals surface area contributed by atoms with Crippen molar-refractivity contribution < 1.29 is 14.2 Å². The standard InChI is InChI=1S/C23H21N3O4S/c1-16(31-15-22-24-23(27)26-25-22)28-21-14-19(29-17-8-4-2-5-9-17)12-13-20(21)30-18-10-6-3-7-11-18/h2-14,16H,15H2,1H3,(H2,24,25,26,27). The van der Waals surface area contributed by atoms with Crippen LogP contribution in [0, 0.1) is 0 Å². The van der Waals surface area contributed by atoms with Gasteiger partial charge in [0, 0.05) is 6.07 Å². The number of hydrogen-bond donors (Lipinski definition) is 2. The van der Waals surface area contributed by atoms with Gasteiger partial charge in [0.05, 0.1) is 5.75 Å². The fraction of sp³-hybridized carbons (Fsp3) is 0.130. The van der Waals surface area contributed by atoms with Gasteiger partial charge in [0.2, 0.25) is 0 Å². The average molecular weight is 436 g/mol. The second-order valence-electron chi connectivity index (χ2n) is 6.56. The molecule has 1 heterocycles. The Labute approximate surface area is 183 Å². The van der Waals surface area contributed by atoms with Crippen molar-refractivity contribution in [2.24, 2.45) is 0 Å². The number of H-pyrrole nitrogens is 2. The maximum atomic E-state index is 11.2. The molecule has 1 aromatic heterocycles. The van der Waals surface area contributed by atoms with Crippen LogP contribution >= 0.6 is 11.8 Å². The number of aromatic amines is 2. The number of rotatable bonds is 9. The number of benzene rings is 3. The molecule has 3 aromatic carbocycles. The number of aromatic nitrogens is 3. The minimum atomic E-state index is -0.325. The summed E-state index contributed by atoms with van der Waals surface area (Å²) in [6.45, 7) is 1.92. The zero-order chi connectivity index (χ0) is 21.5. The highest BCUT2D eigenvalue weighted by molar-refractivity contribution is 7.98. The minimum Gasteiger partial charge on any atom is -0.476 e. The van der Waals surface area contributed by atoms with Crippen LogP contribution in [0.25, 0.3) is 0 Å². The molecule has 31 heavy (non-hydrogen) atoms. The van der Waals surface area contributed by atoms with Crippen molar-refractivity contribution in [1.82, 2.24) is 15.2 Å². The lowest BCUT2D eigenvalue weighted by molar-refractivity contribution is 0.291. The van der Waals surface area contributed by atoms with E-state index in [4.69, 9.17) is 14.2 Å². The van der Waals surface area contributed by atoms with Gasteiger partial charge < -0.3 is 14.2 Å². The summed E-state index contributed by atoms with van der Waals surface area (Å²) in [6.07, 6.45) is 0. The van der Waals surface area contributed by atoms with E-state index in [1.807, 2.05) is 79.7 Å². The maximum Gasteiger partial charge on any atom is 0.340 e. The van der Waals surface area contributed by atoms with E-state index < -0.39 is 0 Å². The van der Waals surface area contributed by atoms with Crippen molar-refractivity contribution in [3.05, 3.63) is 95.2 Å². The molecule has 4 aromatic rings. The number of hydrogen-bond acceptors (Lipinski definition) is 6. The largest absolute Gasteiger partial charge is 0.476 e. The molecule has 0 fully saturated rings. The Morgan fingerprint density at radius 3 is 2.19 bits per heavy atom. The molecule has 1 atom stereocenters. The Kier molecular flexibility index (Phi) is 6.59. The third kappa shape index (κ3) is 5.93. The molecule has 0 aliphatic rings. The Hall–Kier alpha value is -3.65. The first kappa shape index (κ1) is 20.6. The van der Waals surface area contributed by atoms with Crippen LogP contribution in [0.3, 0.4) is 0 Å². The highest BCUT2D eigenvalue weighted by atomic mass is 32.2. The lowest BCUT2D eigenvalue weighted by Gasteiger charge is -2.18. The summed E-state index contributed by atoms with van der Waals surface area (Å²) < 4.78 is 18.1. The van der Waals surface area contributed by atoms with Gasteiger partial charge >= 0.3 is 5.69 Å². The van der Waals surface area contributed by atoms with Crippen molar-refractivity contribution in [1.29, 1.82) is 0 Å². The summed E-state index contributed by atoms with van der Waals surface area (Å²) >= 11 is 1.49. The topological polar surface area (TPSA) is 89.2 Å². The SMILES string of the molecule is CC(Oc1cc(Oc2ccccc2)ccc1Oc1ccccc1)SCc1n[nH]c(=O)[nH]1. The predicted octanol–water partition coefficient (Wildman–Crippen LogP) is 5.34. The number of ether oxygens (including phenoxy) is 3. The van der Waals surface area contributed by atoms with E-state index in [1.54, 1.807) is 6.07 Å². The van der Waals surface area contributed by atoms with Crippen molar-refractivity contribution in [2.75, 3.05) is 0 Å². The van der Waals surface area contributed by atoms with Crippen LogP contribution in [-0.2, 0) is 5.75 Å². The summed E-state index contributed by atoms with van der Waals surface area (Å²) in [5.41, 5.74) is -0.557. The minimum absolute atomic E-state index is 0.231. The number of thioether (sulfide) groups is 1. The van der Waals surface area contributed by atoms with Gasteiger partial charge in [-0.3, -0.25) is 4.98 Å². The summed E-state index contributed by atoms with van der Waals surface area (Å²) in [7, 11) is 0. The Morgan fingerprint density at radius 2 is 1.55 bits per heavy atom. The molecular formula is C23H21N3O4S. The first-order valence-corrected chi connectivity index (χ1v) is 10.7. The molecule has 0 saturated heterocycles. The third-order valence-corrected chi connectivity index (χ3v) is 5.17. The van der Waals surface area contributed by atoms with Crippen LogP contribution in [0.5, 0.6) is 28.7 Å². The van der Waals surface area contributed by atoms with Gasteiger partial charge in [-0.1, -0.05) is 36.4 Å². The molecule has 0 bridgehead atoms. The van der Waals surface area contributed by atoms with Gasteiger partial charge in [0.1, 0.15) is 28.5 Å². The van der Waals surface area contributed by atoms with Gasteiger partial charge in [-0.2, -0.15) is 5.10 Å². The van der Waals surface area contributed by atoms with Crippen molar-refractivity contribution in [3.8, 4) is 28.7 Å². The molecular weight excluding hydrogens is 414 g/mol. The second kappa shape index (κ2) is 9.90. The van der Waals surface area contributed by atoms with Crippen LogP contribution in [0.4, 0.5) is 0 Å². The summed E-state index contributed by atoms with van der Waals surface area (Å²) in [6, 6.07) is 24.5. The number of para-hydroxylation sites is 2. The molecule has 0 spiro atoms. The fourth-order valence-electron chi connectivity index (χ4n) is 2.75. The molecule has 4 rings (SSSR count). The third-order valence-electron chi connectivity index (χ3n) is 4.16. The van der Waals surface area contributed by atoms with E-state index in [9.17, 15) is 4.79 Å². The molecule has 8 heteroatoms. The van der Waals surface area contributed by atoms with Gasteiger partial charge in [-0.25, -0.2) is 9.89 Å².